The number of benzene rings is 1. The third kappa shape index (κ3) is 4.41. The molecule has 1 aromatic carbocycles. The van der Waals surface area contributed by atoms with Crippen LogP contribution in [0.5, 0.6) is 0 Å². The van der Waals surface area contributed by atoms with Gasteiger partial charge in [0.05, 0.1) is 6.20 Å². The summed E-state index contributed by atoms with van der Waals surface area (Å²) in [5.41, 5.74) is 3.44. The van der Waals surface area contributed by atoms with Crippen LogP contribution in [-0.2, 0) is 0 Å². The summed E-state index contributed by atoms with van der Waals surface area (Å²) in [5, 5.41) is 14.5. The predicted octanol–water partition coefficient (Wildman–Crippen LogP) is 3.69. The monoisotopic (exact) mass is 285 g/mol. The maximum Gasteiger partial charge on any atom is 0.244 e. The molecule has 0 saturated heterocycles. The van der Waals surface area contributed by atoms with E-state index in [0.717, 1.165) is 18.7 Å². The normalized spacial score (nSPS) is 10.7. The zero-order valence-electron chi connectivity index (χ0n) is 13.1. The number of aromatic nitrogens is 3. The summed E-state index contributed by atoms with van der Waals surface area (Å²) in [7, 11) is 0. The topological polar surface area (TPSA) is 62.7 Å². The van der Waals surface area contributed by atoms with E-state index in [2.05, 4.69) is 65.6 Å². The fraction of sp³-hybridized carbons (Fsp3) is 0.438. The smallest absolute Gasteiger partial charge is 0.244 e. The minimum atomic E-state index is 0.562. The van der Waals surface area contributed by atoms with Gasteiger partial charge in [-0.1, -0.05) is 32.0 Å². The molecule has 0 saturated carbocycles. The van der Waals surface area contributed by atoms with Crippen molar-refractivity contribution in [3.8, 4) is 0 Å². The van der Waals surface area contributed by atoms with Gasteiger partial charge in [0.2, 0.25) is 5.95 Å². The second-order valence-corrected chi connectivity index (χ2v) is 5.67. The van der Waals surface area contributed by atoms with Gasteiger partial charge < -0.3 is 10.6 Å². The molecule has 1 heterocycles. The average molecular weight is 285 g/mol. The van der Waals surface area contributed by atoms with Gasteiger partial charge >= 0.3 is 0 Å². The Balaban J connectivity index is 2.07. The minimum Gasteiger partial charge on any atom is -0.353 e. The van der Waals surface area contributed by atoms with Crippen molar-refractivity contribution in [1.29, 1.82) is 0 Å². The lowest BCUT2D eigenvalue weighted by molar-refractivity contribution is 0.605. The van der Waals surface area contributed by atoms with Crippen LogP contribution < -0.4 is 10.6 Å². The Morgan fingerprint density at radius 1 is 1.14 bits per heavy atom. The second kappa shape index (κ2) is 7.02. The van der Waals surface area contributed by atoms with E-state index in [1.54, 1.807) is 6.20 Å². The lowest BCUT2D eigenvalue weighted by atomic mass is 10.1. The minimum absolute atomic E-state index is 0.562. The molecule has 2 rings (SSSR count). The number of hydrogen-bond acceptors (Lipinski definition) is 5. The lowest BCUT2D eigenvalue weighted by Crippen LogP contribution is -2.09. The maximum atomic E-state index is 4.45. The first kappa shape index (κ1) is 15.2. The Hall–Kier alpha value is -2.17. The molecule has 112 valence electrons. The number of nitrogens with one attached hydrogen (secondary N) is 2. The molecule has 0 amide bonds. The van der Waals surface area contributed by atoms with Crippen molar-refractivity contribution in [2.75, 3.05) is 17.2 Å². The van der Waals surface area contributed by atoms with Gasteiger partial charge in [0.25, 0.3) is 0 Å². The van der Waals surface area contributed by atoms with Gasteiger partial charge in [-0.05, 0) is 37.3 Å². The van der Waals surface area contributed by atoms with E-state index in [0.29, 0.717) is 17.7 Å². The molecule has 0 aliphatic rings. The van der Waals surface area contributed by atoms with E-state index in [1.165, 1.54) is 11.1 Å². The largest absolute Gasteiger partial charge is 0.353 e. The van der Waals surface area contributed by atoms with Crippen LogP contribution in [0.1, 0.15) is 31.4 Å². The lowest BCUT2D eigenvalue weighted by Gasteiger charge is -2.12. The van der Waals surface area contributed by atoms with E-state index >= 15 is 0 Å². The Kier molecular flexibility index (Phi) is 5.09. The number of rotatable bonds is 6. The number of para-hydroxylation sites is 1. The first-order valence-corrected chi connectivity index (χ1v) is 7.33. The third-order valence-electron chi connectivity index (χ3n) is 3.30. The fourth-order valence-corrected chi connectivity index (χ4v) is 2.05. The highest BCUT2D eigenvalue weighted by Crippen LogP contribution is 2.23. The van der Waals surface area contributed by atoms with Crippen LogP contribution in [0.15, 0.2) is 24.4 Å². The van der Waals surface area contributed by atoms with Crippen LogP contribution in [0, 0.1) is 19.8 Å². The highest BCUT2D eigenvalue weighted by molar-refractivity contribution is 5.64. The maximum absolute atomic E-state index is 4.45. The molecule has 1 aromatic heterocycles. The quantitative estimate of drug-likeness (QED) is 0.847. The van der Waals surface area contributed by atoms with Crippen molar-refractivity contribution >= 4 is 17.5 Å². The molecule has 2 aromatic rings. The number of aryl methyl sites for hydroxylation is 2. The molecule has 0 fully saturated rings. The van der Waals surface area contributed by atoms with Crippen LogP contribution in [0.2, 0.25) is 0 Å². The van der Waals surface area contributed by atoms with Crippen molar-refractivity contribution in [2.45, 2.75) is 34.1 Å². The van der Waals surface area contributed by atoms with Gasteiger partial charge in [0.15, 0.2) is 5.82 Å². The summed E-state index contributed by atoms with van der Waals surface area (Å²) in [5.74, 6) is 1.92. The molecule has 21 heavy (non-hydrogen) atoms. The number of nitrogens with zero attached hydrogens (tertiary/aromatic N) is 3. The van der Waals surface area contributed by atoms with E-state index in [4.69, 9.17) is 0 Å². The van der Waals surface area contributed by atoms with Crippen molar-refractivity contribution in [3.05, 3.63) is 35.5 Å². The first-order valence-electron chi connectivity index (χ1n) is 7.33. The second-order valence-electron chi connectivity index (χ2n) is 5.67. The molecular formula is C16H23N5. The van der Waals surface area contributed by atoms with E-state index in [-0.39, 0.29) is 0 Å². The molecule has 0 spiro atoms. The molecule has 0 aliphatic heterocycles. The third-order valence-corrected chi connectivity index (χ3v) is 3.30. The van der Waals surface area contributed by atoms with Crippen LogP contribution >= 0.6 is 0 Å². The van der Waals surface area contributed by atoms with E-state index in [1.807, 2.05) is 6.07 Å². The van der Waals surface area contributed by atoms with Crippen molar-refractivity contribution in [1.82, 2.24) is 15.2 Å². The van der Waals surface area contributed by atoms with Crippen molar-refractivity contribution < 1.29 is 0 Å². The molecule has 0 radical (unpaired) electrons. The Morgan fingerprint density at radius 2 is 1.86 bits per heavy atom. The first-order chi connectivity index (χ1) is 10.1. The van der Waals surface area contributed by atoms with Crippen LogP contribution in [0.4, 0.5) is 17.5 Å². The van der Waals surface area contributed by atoms with Crippen molar-refractivity contribution in [2.24, 2.45) is 5.92 Å². The van der Waals surface area contributed by atoms with Crippen LogP contribution in [0.25, 0.3) is 0 Å². The molecule has 5 nitrogen and oxygen atoms in total. The summed E-state index contributed by atoms with van der Waals surface area (Å²) in [6.07, 6.45) is 2.72. The van der Waals surface area contributed by atoms with Crippen LogP contribution in [-0.4, -0.2) is 21.7 Å². The summed E-state index contributed by atoms with van der Waals surface area (Å²) in [4.78, 5) is 4.45. The summed E-state index contributed by atoms with van der Waals surface area (Å²) in [6.45, 7) is 9.39. The Labute approximate surface area is 126 Å². The predicted molar refractivity (Wildman–Crippen MR) is 87.0 cm³/mol. The molecule has 0 unspecified atom stereocenters. The SMILES string of the molecule is Cc1cccc(C)c1Nc1cnnc(NCCC(C)C)n1. The summed E-state index contributed by atoms with van der Waals surface area (Å²) >= 11 is 0. The molecule has 0 aliphatic carbocycles. The molecule has 5 heteroatoms. The van der Waals surface area contributed by atoms with Gasteiger partial charge in [0.1, 0.15) is 0 Å². The Bertz CT molecular complexity index is 575. The van der Waals surface area contributed by atoms with E-state index in [9.17, 15) is 0 Å². The van der Waals surface area contributed by atoms with Gasteiger partial charge in [-0.3, -0.25) is 0 Å². The van der Waals surface area contributed by atoms with Gasteiger partial charge in [-0.15, -0.1) is 5.10 Å². The Morgan fingerprint density at radius 3 is 2.52 bits per heavy atom. The summed E-state index contributed by atoms with van der Waals surface area (Å²) < 4.78 is 0. The van der Waals surface area contributed by atoms with Gasteiger partial charge in [0, 0.05) is 12.2 Å². The van der Waals surface area contributed by atoms with Gasteiger partial charge in [-0.25, -0.2) is 0 Å². The number of anilines is 3. The van der Waals surface area contributed by atoms with Crippen LogP contribution in [0.3, 0.4) is 0 Å². The highest BCUT2D eigenvalue weighted by atomic mass is 15.3. The molecule has 2 N–H and O–H groups in total. The number of hydrogen-bond donors (Lipinski definition) is 2. The standard InChI is InChI=1S/C16H23N5/c1-11(2)8-9-17-16-20-14(10-18-21-16)19-15-12(3)6-5-7-13(15)4/h5-7,10-11H,8-9H2,1-4H3,(H2,17,19,20,21). The highest BCUT2D eigenvalue weighted by Gasteiger charge is 2.05. The zero-order chi connectivity index (χ0) is 15.2. The summed E-state index contributed by atoms with van der Waals surface area (Å²) in [6, 6.07) is 6.20. The fourth-order valence-electron chi connectivity index (χ4n) is 2.05. The molecule has 0 bridgehead atoms. The van der Waals surface area contributed by atoms with E-state index < -0.39 is 0 Å². The average Bonchev–Trinajstić information content (AvgIpc) is 2.43. The zero-order valence-corrected chi connectivity index (χ0v) is 13.1. The van der Waals surface area contributed by atoms with Gasteiger partial charge in [-0.2, -0.15) is 10.1 Å². The molecular weight excluding hydrogens is 262 g/mol. The molecule has 0 atom stereocenters. The van der Waals surface area contributed by atoms with Crippen molar-refractivity contribution in [3.63, 3.8) is 0 Å².